The third-order valence-corrected chi connectivity index (χ3v) is 4.40. The Labute approximate surface area is 157 Å². The van der Waals surface area contributed by atoms with Gasteiger partial charge in [0, 0.05) is 5.41 Å². The van der Waals surface area contributed by atoms with Crippen LogP contribution in [0.3, 0.4) is 0 Å². The Hall–Kier alpha value is -0.840. The van der Waals surface area contributed by atoms with E-state index in [-0.39, 0.29) is 11.3 Å². The number of alkyl halides is 3. The summed E-state index contributed by atoms with van der Waals surface area (Å²) in [7, 11) is 0. The zero-order chi connectivity index (χ0) is 18.6. The molecule has 134 valence electrons. The van der Waals surface area contributed by atoms with Crippen molar-refractivity contribution in [2.75, 3.05) is 0 Å². The van der Waals surface area contributed by atoms with Crippen molar-refractivity contribution in [1.29, 1.82) is 0 Å². The molecule has 1 heterocycles. The molecule has 7 heteroatoms. The number of carbonyl (C=O) groups is 1. The van der Waals surface area contributed by atoms with Crippen LogP contribution in [-0.4, -0.2) is 15.6 Å². The van der Waals surface area contributed by atoms with Crippen LogP contribution in [0.1, 0.15) is 47.1 Å². The normalized spacial score (nSPS) is 20.9. The lowest BCUT2D eigenvalue weighted by molar-refractivity contribution is -0.151. The van der Waals surface area contributed by atoms with Gasteiger partial charge < -0.3 is 9.47 Å². The zero-order valence-corrected chi connectivity index (χ0v) is 16.9. The molecule has 0 fully saturated rings. The Morgan fingerprint density at radius 2 is 1.54 bits per heavy atom. The molecule has 24 heavy (non-hydrogen) atoms. The number of ether oxygens (including phenoxy) is 2. The van der Waals surface area contributed by atoms with Crippen LogP contribution in [0.25, 0.3) is 0 Å². The van der Waals surface area contributed by atoms with Gasteiger partial charge in [-0.2, -0.15) is 0 Å². The molecule has 1 atom stereocenters. The van der Waals surface area contributed by atoms with Crippen LogP contribution < -0.4 is 14.8 Å². The smallest absolute Gasteiger partial charge is 0.388 e. The van der Waals surface area contributed by atoms with Crippen LogP contribution in [0.4, 0.5) is 0 Å². The largest absolute Gasteiger partial charge is 0.428 e. The first-order valence-electron chi connectivity index (χ1n) is 7.58. The van der Waals surface area contributed by atoms with Crippen molar-refractivity contribution in [2.45, 2.75) is 56.7 Å². The fourth-order valence-electron chi connectivity index (χ4n) is 2.04. The second-order valence-corrected chi connectivity index (χ2v) is 10.2. The summed E-state index contributed by atoms with van der Waals surface area (Å²) in [5.74, 6) is -1.45. The van der Waals surface area contributed by atoms with Gasteiger partial charge in [0.2, 0.25) is 5.91 Å². The number of hydrogen-bond acceptors (Lipinski definition) is 3. The molecule has 2 rings (SSSR count). The number of halogens is 3. The SMILES string of the molecule is CC(C)(C)C(=O)N[C@@]1(C(Cl)(Cl)Cl)Oc2ccc(C(C)(C)C)cc2O1. The molecule has 0 radical (unpaired) electrons. The van der Waals surface area contributed by atoms with Gasteiger partial charge in [0.1, 0.15) is 0 Å². The molecule has 0 unspecified atom stereocenters. The van der Waals surface area contributed by atoms with E-state index in [9.17, 15) is 4.79 Å². The molecule has 0 aliphatic carbocycles. The molecule has 1 aromatic carbocycles. The molecule has 1 amide bonds. The van der Waals surface area contributed by atoms with E-state index in [1.54, 1.807) is 26.8 Å². The number of fused-ring (bicyclic) bond motifs is 1. The number of hydrogen-bond donors (Lipinski definition) is 1. The maximum atomic E-state index is 12.4. The lowest BCUT2D eigenvalue weighted by Gasteiger charge is -2.35. The van der Waals surface area contributed by atoms with Gasteiger partial charge in [0.15, 0.2) is 11.5 Å². The summed E-state index contributed by atoms with van der Waals surface area (Å²) in [6.07, 6.45) is 0. The van der Waals surface area contributed by atoms with Gasteiger partial charge in [-0.05, 0) is 23.1 Å². The lowest BCUT2D eigenvalue weighted by Crippen LogP contribution is -2.65. The van der Waals surface area contributed by atoms with Crippen LogP contribution in [0, 0.1) is 5.41 Å². The quantitative estimate of drug-likeness (QED) is 0.686. The van der Waals surface area contributed by atoms with Crippen molar-refractivity contribution in [2.24, 2.45) is 5.41 Å². The van der Waals surface area contributed by atoms with Crippen LogP contribution in [0.15, 0.2) is 18.2 Å². The van der Waals surface area contributed by atoms with Crippen LogP contribution in [0.2, 0.25) is 0 Å². The van der Waals surface area contributed by atoms with Gasteiger partial charge in [0.25, 0.3) is 3.79 Å². The molecular weight excluding hydrogens is 373 g/mol. The maximum absolute atomic E-state index is 12.4. The summed E-state index contributed by atoms with van der Waals surface area (Å²) in [4.78, 5) is 12.4. The Bertz CT molecular complexity index is 657. The predicted molar refractivity (Wildman–Crippen MR) is 97.0 cm³/mol. The van der Waals surface area contributed by atoms with E-state index >= 15 is 0 Å². The molecule has 4 nitrogen and oxygen atoms in total. The highest BCUT2D eigenvalue weighted by molar-refractivity contribution is 6.68. The number of amides is 1. The first-order chi connectivity index (χ1) is 10.7. The third-order valence-electron chi connectivity index (χ3n) is 3.65. The van der Waals surface area contributed by atoms with Gasteiger partial charge in [-0.15, -0.1) is 0 Å². The molecule has 0 spiro atoms. The highest BCUT2D eigenvalue weighted by atomic mass is 35.6. The second-order valence-electron chi connectivity index (χ2n) is 7.93. The van der Waals surface area contributed by atoms with E-state index in [2.05, 4.69) is 26.1 Å². The van der Waals surface area contributed by atoms with Crippen molar-refractivity contribution in [3.63, 3.8) is 0 Å². The summed E-state index contributed by atoms with van der Waals surface area (Å²) in [6, 6.07) is 5.50. The molecule has 1 aromatic rings. The number of nitrogens with one attached hydrogen (secondary N) is 1. The summed E-state index contributed by atoms with van der Waals surface area (Å²) < 4.78 is 9.52. The first-order valence-corrected chi connectivity index (χ1v) is 8.71. The topological polar surface area (TPSA) is 47.6 Å². The van der Waals surface area contributed by atoms with E-state index in [0.29, 0.717) is 11.5 Å². The lowest BCUT2D eigenvalue weighted by atomic mass is 9.87. The van der Waals surface area contributed by atoms with Crippen LogP contribution in [-0.2, 0) is 10.2 Å². The van der Waals surface area contributed by atoms with Crippen molar-refractivity contribution in [1.82, 2.24) is 5.32 Å². The highest BCUT2D eigenvalue weighted by Gasteiger charge is 2.60. The minimum atomic E-state index is -2.03. The number of carbonyl (C=O) groups excluding carboxylic acids is 1. The molecule has 1 aliphatic rings. The minimum Gasteiger partial charge on any atom is -0.428 e. The standard InChI is InChI=1S/C17H22Cl3NO3/c1-14(2,3)10-7-8-11-12(9-10)24-17(23-11,16(18,19)20)21-13(22)15(4,5)6/h7-9H,1-6H3,(H,21,22)/t17-/m0/s1. The molecule has 1 aliphatic heterocycles. The highest BCUT2D eigenvalue weighted by Crippen LogP contribution is 2.49. The molecule has 0 saturated heterocycles. The van der Waals surface area contributed by atoms with Crippen molar-refractivity contribution >= 4 is 40.7 Å². The number of benzene rings is 1. The Morgan fingerprint density at radius 3 is 2.00 bits per heavy atom. The average molecular weight is 395 g/mol. The Morgan fingerprint density at radius 1 is 1.00 bits per heavy atom. The van der Waals surface area contributed by atoms with Gasteiger partial charge >= 0.3 is 5.91 Å². The molecule has 0 bridgehead atoms. The Balaban J connectivity index is 2.41. The Kier molecular flexibility index (Phi) is 4.75. The van der Waals surface area contributed by atoms with Gasteiger partial charge in [-0.1, -0.05) is 82.4 Å². The molecular formula is C17H22Cl3NO3. The van der Waals surface area contributed by atoms with E-state index in [4.69, 9.17) is 44.3 Å². The van der Waals surface area contributed by atoms with Gasteiger partial charge in [-0.3, -0.25) is 10.1 Å². The van der Waals surface area contributed by atoms with Crippen LogP contribution in [0.5, 0.6) is 11.5 Å². The van der Waals surface area contributed by atoms with Gasteiger partial charge in [-0.25, -0.2) is 0 Å². The predicted octanol–water partition coefficient (Wildman–Crippen LogP) is 4.94. The monoisotopic (exact) mass is 393 g/mol. The summed E-state index contributed by atoms with van der Waals surface area (Å²) >= 11 is 18.2. The van der Waals surface area contributed by atoms with E-state index in [0.717, 1.165) is 5.56 Å². The van der Waals surface area contributed by atoms with Crippen LogP contribution >= 0.6 is 34.8 Å². The summed E-state index contributed by atoms with van der Waals surface area (Å²) in [5.41, 5.74) is 0.242. The van der Waals surface area contributed by atoms with E-state index < -0.39 is 15.1 Å². The molecule has 0 aromatic heterocycles. The van der Waals surface area contributed by atoms with Gasteiger partial charge in [0.05, 0.1) is 0 Å². The second kappa shape index (κ2) is 5.86. The third kappa shape index (κ3) is 3.71. The molecule has 1 N–H and O–H groups in total. The first kappa shape index (κ1) is 19.5. The average Bonchev–Trinajstić information content (AvgIpc) is 2.74. The van der Waals surface area contributed by atoms with E-state index in [1.165, 1.54) is 0 Å². The van der Waals surface area contributed by atoms with Crippen molar-refractivity contribution in [3.05, 3.63) is 23.8 Å². The van der Waals surface area contributed by atoms with Crippen molar-refractivity contribution < 1.29 is 14.3 Å². The maximum Gasteiger partial charge on any atom is 0.388 e. The van der Waals surface area contributed by atoms with Crippen molar-refractivity contribution in [3.8, 4) is 11.5 Å². The summed E-state index contributed by atoms with van der Waals surface area (Å²) in [5, 5.41) is 2.60. The minimum absolute atomic E-state index is 0.0850. The zero-order valence-electron chi connectivity index (χ0n) is 14.6. The molecule has 0 saturated carbocycles. The fraction of sp³-hybridized carbons (Fsp3) is 0.588. The number of rotatable bonds is 1. The van der Waals surface area contributed by atoms with E-state index in [1.807, 2.05) is 12.1 Å². The summed E-state index contributed by atoms with van der Waals surface area (Å²) in [6.45, 7) is 11.5. The fourth-order valence-corrected chi connectivity index (χ4v) is 2.42.